The summed E-state index contributed by atoms with van der Waals surface area (Å²) in [6.45, 7) is 4.14. The van der Waals surface area contributed by atoms with Gasteiger partial charge in [0.15, 0.2) is 5.82 Å². The second kappa shape index (κ2) is 5.48. The van der Waals surface area contributed by atoms with Crippen molar-refractivity contribution in [2.24, 2.45) is 0 Å². The summed E-state index contributed by atoms with van der Waals surface area (Å²) in [6.07, 6.45) is 0.274. The SMILES string of the molecule is CC(C)N(CCC#N)c1cc(F)cc(F)c1N. The zero-order chi connectivity index (χ0) is 13.0. The monoisotopic (exact) mass is 239 g/mol. The van der Waals surface area contributed by atoms with E-state index in [0.717, 1.165) is 6.07 Å². The fourth-order valence-corrected chi connectivity index (χ4v) is 1.64. The summed E-state index contributed by atoms with van der Waals surface area (Å²) in [7, 11) is 0. The van der Waals surface area contributed by atoms with Crippen LogP contribution in [0.1, 0.15) is 20.3 Å². The lowest BCUT2D eigenvalue weighted by Crippen LogP contribution is -2.32. The first-order chi connectivity index (χ1) is 7.97. The average molecular weight is 239 g/mol. The maximum absolute atomic E-state index is 13.3. The van der Waals surface area contributed by atoms with Crippen LogP contribution >= 0.6 is 0 Å². The maximum Gasteiger partial charge on any atom is 0.151 e. The van der Waals surface area contributed by atoms with Gasteiger partial charge in [0.2, 0.25) is 0 Å². The highest BCUT2D eigenvalue weighted by Crippen LogP contribution is 2.28. The molecule has 0 saturated heterocycles. The summed E-state index contributed by atoms with van der Waals surface area (Å²) in [6, 6.07) is 3.95. The molecule has 1 aromatic carbocycles. The lowest BCUT2D eigenvalue weighted by molar-refractivity contribution is 0.582. The Bertz CT molecular complexity index is 438. The predicted molar refractivity (Wildman–Crippen MR) is 63.5 cm³/mol. The summed E-state index contributed by atoms with van der Waals surface area (Å²) in [5, 5.41) is 8.57. The van der Waals surface area contributed by atoms with E-state index < -0.39 is 11.6 Å². The number of hydrogen-bond donors (Lipinski definition) is 1. The molecule has 5 heteroatoms. The summed E-state index contributed by atoms with van der Waals surface area (Å²) < 4.78 is 26.5. The van der Waals surface area contributed by atoms with E-state index in [2.05, 4.69) is 0 Å². The predicted octanol–water partition coefficient (Wildman–Crippen LogP) is 2.68. The van der Waals surface area contributed by atoms with Crippen LogP contribution in [-0.2, 0) is 0 Å². The van der Waals surface area contributed by atoms with Gasteiger partial charge in [-0.05, 0) is 19.9 Å². The molecule has 0 saturated carbocycles. The Hall–Kier alpha value is -1.83. The zero-order valence-electron chi connectivity index (χ0n) is 9.87. The van der Waals surface area contributed by atoms with E-state index in [4.69, 9.17) is 11.0 Å². The Balaban J connectivity index is 3.14. The Morgan fingerprint density at radius 1 is 1.41 bits per heavy atom. The van der Waals surface area contributed by atoms with Gasteiger partial charge in [-0.25, -0.2) is 8.78 Å². The number of anilines is 2. The highest BCUT2D eigenvalue weighted by atomic mass is 19.1. The van der Waals surface area contributed by atoms with E-state index >= 15 is 0 Å². The summed E-state index contributed by atoms with van der Waals surface area (Å²) >= 11 is 0. The molecule has 0 atom stereocenters. The molecule has 0 aliphatic heterocycles. The van der Waals surface area contributed by atoms with Gasteiger partial charge in [0.25, 0.3) is 0 Å². The Kier molecular flexibility index (Phi) is 4.27. The Morgan fingerprint density at radius 2 is 2.06 bits per heavy atom. The first-order valence-corrected chi connectivity index (χ1v) is 5.35. The first kappa shape index (κ1) is 13.2. The number of nitriles is 1. The van der Waals surface area contributed by atoms with Gasteiger partial charge in [-0.1, -0.05) is 0 Å². The third-order valence-electron chi connectivity index (χ3n) is 2.47. The molecule has 1 rings (SSSR count). The largest absolute Gasteiger partial charge is 0.395 e. The van der Waals surface area contributed by atoms with Crippen molar-refractivity contribution < 1.29 is 8.78 Å². The Morgan fingerprint density at radius 3 is 2.59 bits per heavy atom. The molecule has 0 heterocycles. The number of rotatable bonds is 4. The molecule has 1 aromatic rings. The molecule has 0 aliphatic carbocycles. The average Bonchev–Trinajstić information content (AvgIpc) is 2.24. The van der Waals surface area contributed by atoms with Gasteiger partial charge in [0.1, 0.15) is 5.82 Å². The van der Waals surface area contributed by atoms with E-state index in [0.29, 0.717) is 12.2 Å². The van der Waals surface area contributed by atoms with E-state index in [9.17, 15) is 8.78 Å². The number of nitrogens with zero attached hydrogens (tertiary/aromatic N) is 2. The molecular weight excluding hydrogens is 224 g/mol. The van der Waals surface area contributed by atoms with Gasteiger partial charge < -0.3 is 10.6 Å². The maximum atomic E-state index is 13.3. The molecule has 0 spiro atoms. The van der Waals surface area contributed by atoms with Crippen LogP contribution in [0.4, 0.5) is 20.2 Å². The number of benzene rings is 1. The van der Waals surface area contributed by atoms with Crippen molar-refractivity contribution in [1.29, 1.82) is 5.26 Å². The van der Waals surface area contributed by atoms with Crippen molar-refractivity contribution in [3.8, 4) is 6.07 Å². The topological polar surface area (TPSA) is 53.0 Å². The van der Waals surface area contributed by atoms with Gasteiger partial charge in [0.05, 0.1) is 23.9 Å². The van der Waals surface area contributed by atoms with Crippen LogP contribution in [0.5, 0.6) is 0 Å². The van der Waals surface area contributed by atoms with Crippen molar-refractivity contribution in [1.82, 2.24) is 0 Å². The normalized spacial score (nSPS) is 10.4. The molecule has 2 N–H and O–H groups in total. The lowest BCUT2D eigenvalue weighted by atomic mass is 10.2. The van der Waals surface area contributed by atoms with Gasteiger partial charge in [0, 0.05) is 18.7 Å². The smallest absolute Gasteiger partial charge is 0.151 e. The highest BCUT2D eigenvalue weighted by Gasteiger charge is 2.17. The van der Waals surface area contributed by atoms with E-state index in [1.54, 1.807) is 4.90 Å². The molecular formula is C12H15F2N3. The molecule has 92 valence electrons. The van der Waals surface area contributed by atoms with Gasteiger partial charge in [-0.2, -0.15) is 5.26 Å². The summed E-state index contributed by atoms with van der Waals surface area (Å²) in [4.78, 5) is 1.71. The quantitative estimate of drug-likeness (QED) is 0.822. The standard InChI is InChI=1S/C12H15F2N3/c1-8(2)17(5-3-4-15)11-7-9(13)6-10(14)12(11)16/h6-8H,3,5,16H2,1-2H3. The molecule has 3 nitrogen and oxygen atoms in total. The van der Waals surface area contributed by atoms with Gasteiger partial charge in [-0.15, -0.1) is 0 Å². The fraction of sp³-hybridized carbons (Fsp3) is 0.417. The van der Waals surface area contributed by atoms with E-state index in [1.807, 2.05) is 19.9 Å². The number of halogens is 2. The summed E-state index contributed by atoms with van der Waals surface area (Å²) in [5.41, 5.74) is 5.81. The molecule has 17 heavy (non-hydrogen) atoms. The molecule has 0 radical (unpaired) electrons. The minimum absolute atomic E-state index is 0.00634. The molecule has 0 fully saturated rings. The van der Waals surface area contributed by atoms with E-state index in [-0.39, 0.29) is 18.2 Å². The van der Waals surface area contributed by atoms with Crippen molar-refractivity contribution >= 4 is 11.4 Å². The zero-order valence-corrected chi connectivity index (χ0v) is 9.87. The molecule has 0 aromatic heterocycles. The second-order valence-electron chi connectivity index (χ2n) is 4.02. The minimum Gasteiger partial charge on any atom is -0.395 e. The van der Waals surface area contributed by atoms with Crippen LogP contribution in [0.25, 0.3) is 0 Å². The lowest BCUT2D eigenvalue weighted by Gasteiger charge is -2.29. The number of nitrogen functional groups attached to an aromatic ring is 1. The van der Waals surface area contributed by atoms with Crippen LogP contribution in [-0.4, -0.2) is 12.6 Å². The Labute approximate surface area is 99.4 Å². The molecule has 0 bridgehead atoms. The number of hydrogen-bond acceptors (Lipinski definition) is 3. The minimum atomic E-state index is -0.775. The molecule has 0 unspecified atom stereocenters. The van der Waals surface area contributed by atoms with Crippen LogP contribution in [0.15, 0.2) is 12.1 Å². The van der Waals surface area contributed by atoms with Crippen LogP contribution in [0.3, 0.4) is 0 Å². The van der Waals surface area contributed by atoms with Crippen molar-refractivity contribution in [3.05, 3.63) is 23.8 Å². The highest BCUT2D eigenvalue weighted by molar-refractivity contribution is 5.68. The van der Waals surface area contributed by atoms with Gasteiger partial charge in [-0.3, -0.25) is 0 Å². The third kappa shape index (κ3) is 3.06. The number of nitrogens with two attached hydrogens (primary N) is 1. The second-order valence-corrected chi connectivity index (χ2v) is 4.02. The van der Waals surface area contributed by atoms with Gasteiger partial charge >= 0.3 is 0 Å². The van der Waals surface area contributed by atoms with Crippen LogP contribution in [0, 0.1) is 23.0 Å². The molecule has 0 amide bonds. The fourth-order valence-electron chi connectivity index (χ4n) is 1.64. The van der Waals surface area contributed by atoms with Crippen molar-refractivity contribution in [3.63, 3.8) is 0 Å². The van der Waals surface area contributed by atoms with Crippen molar-refractivity contribution in [2.75, 3.05) is 17.2 Å². The van der Waals surface area contributed by atoms with Crippen molar-refractivity contribution in [2.45, 2.75) is 26.3 Å². The molecule has 0 aliphatic rings. The van der Waals surface area contributed by atoms with Crippen LogP contribution in [0.2, 0.25) is 0 Å². The van der Waals surface area contributed by atoms with E-state index in [1.165, 1.54) is 6.07 Å². The van der Waals surface area contributed by atoms with Crippen LogP contribution < -0.4 is 10.6 Å². The summed E-state index contributed by atoms with van der Waals surface area (Å²) in [5.74, 6) is -1.45. The first-order valence-electron chi connectivity index (χ1n) is 5.35. The third-order valence-corrected chi connectivity index (χ3v) is 2.47.